The highest BCUT2D eigenvalue weighted by molar-refractivity contribution is 9.10. The van der Waals surface area contributed by atoms with E-state index in [1.165, 1.54) is 11.3 Å². The Morgan fingerprint density at radius 1 is 0.800 bits per heavy atom. The Kier molecular flexibility index (Phi) is 3.99. The summed E-state index contributed by atoms with van der Waals surface area (Å²) in [6.45, 7) is 0. The van der Waals surface area contributed by atoms with Gasteiger partial charge in [-0.15, -0.1) is 0 Å². The minimum atomic E-state index is 0.605. The largest absolute Gasteiger partial charge is 0.457 e. The van der Waals surface area contributed by atoms with Gasteiger partial charge in [0.25, 0.3) is 5.19 Å². The second-order valence-corrected chi connectivity index (χ2v) is 5.56. The van der Waals surface area contributed by atoms with Crippen LogP contribution < -0.4 is 9.47 Å². The van der Waals surface area contributed by atoms with Gasteiger partial charge in [-0.25, -0.2) is 0 Å². The standard InChI is InChI=1S/C15H10BrNO2S/c16-14-10-20-15(17-14)19-13-8-6-12(7-9-13)18-11-4-2-1-3-5-11/h1-10H. The maximum Gasteiger partial charge on any atom is 0.279 e. The van der Waals surface area contributed by atoms with E-state index in [0.29, 0.717) is 5.19 Å². The SMILES string of the molecule is Brc1csc(Oc2ccc(Oc3ccccc3)cc2)n1. The van der Waals surface area contributed by atoms with Crippen molar-refractivity contribution in [3.05, 3.63) is 64.6 Å². The Balaban J connectivity index is 1.68. The Hall–Kier alpha value is -1.85. The lowest BCUT2D eigenvalue weighted by Gasteiger charge is -2.06. The first kappa shape index (κ1) is 13.1. The topological polar surface area (TPSA) is 31.4 Å². The fraction of sp³-hybridized carbons (Fsp3) is 0. The lowest BCUT2D eigenvalue weighted by molar-refractivity contribution is 0.467. The van der Waals surface area contributed by atoms with Crippen molar-refractivity contribution in [1.82, 2.24) is 4.98 Å². The molecule has 1 aromatic heterocycles. The van der Waals surface area contributed by atoms with Gasteiger partial charge in [-0.1, -0.05) is 29.5 Å². The molecule has 0 aliphatic rings. The average molecular weight is 348 g/mol. The summed E-state index contributed by atoms with van der Waals surface area (Å²) in [7, 11) is 0. The molecule has 0 saturated heterocycles. The fourth-order valence-electron chi connectivity index (χ4n) is 1.59. The van der Waals surface area contributed by atoms with Gasteiger partial charge in [-0.05, 0) is 52.3 Å². The van der Waals surface area contributed by atoms with Crippen LogP contribution in [0.25, 0.3) is 0 Å². The number of aromatic nitrogens is 1. The Morgan fingerprint density at radius 2 is 1.40 bits per heavy atom. The molecule has 0 amide bonds. The predicted octanol–water partition coefficient (Wildman–Crippen LogP) is 5.49. The Bertz CT molecular complexity index is 683. The maximum absolute atomic E-state index is 5.71. The number of benzene rings is 2. The quantitative estimate of drug-likeness (QED) is 0.625. The first-order valence-electron chi connectivity index (χ1n) is 5.91. The zero-order valence-electron chi connectivity index (χ0n) is 10.3. The van der Waals surface area contributed by atoms with Crippen molar-refractivity contribution in [2.75, 3.05) is 0 Å². The molecule has 0 spiro atoms. The molecule has 0 saturated carbocycles. The van der Waals surface area contributed by atoms with Crippen molar-refractivity contribution >= 4 is 27.3 Å². The molecule has 0 unspecified atom stereocenters. The van der Waals surface area contributed by atoms with Crippen LogP contribution in [0.1, 0.15) is 0 Å². The van der Waals surface area contributed by atoms with Crippen molar-refractivity contribution in [2.45, 2.75) is 0 Å². The van der Waals surface area contributed by atoms with Gasteiger partial charge in [0.05, 0.1) is 0 Å². The van der Waals surface area contributed by atoms with Gasteiger partial charge >= 0.3 is 0 Å². The van der Waals surface area contributed by atoms with Crippen LogP contribution in [-0.2, 0) is 0 Å². The van der Waals surface area contributed by atoms with Gasteiger partial charge in [-0.3, -0.25) is 0 Å². The first-order valence-corrected chi connectivity index (χ1v) is 7.59. The molecular weight excluding hydrogens is 338 g/mol. The summed E-state index contributed by atoms with van der Waals surface area (Å²) in [5.41, 5.74) is 0. The predicted molar refractivity (Wildman–Crippen MR) is 82.8 cm³/mol. The lowest BCUT2D eigenvalue weighted by atomic mass is 10.3. The van der Waals surface area contributed by atoms with Crippen LogP contribution in [0.5, 0.6) is 22.4 Å². The second kappa shape index (κ2) is 6.07. The van der Waals surface area contributed by atoms with Crippen molar-refractivity contribution in [3.8, 4) is 22.4 Å². The van der Waals surface area contributed by atoms with Gasteiger partial charge in [0.15, 0.2) is 0 Å². The van der Waals surface area contributed by atoms with Crippen LogP contribution in [0.3, 0.4) is 0 Å². The van der Waals surface area contributed by atoms with Gasteiger partial charge < -0.3 is 9.47 Å². The van der Waals surface area contributed by atoms with E-state index < -0.39 is 0 Å². The number of ether oxygens (including phenoxy) is 2. The maximum atomic E-state index is 5.71. The highest BCUT2D eigenvalue weighted by Crippen LogP contribution is 2.29. The van der Waals surface area contributed by atoms with Gasteiger partial charge in [-0.2, -0.15) is 4.98 Å². The number of halogens is 1. The van der Waals surface area contributed by atoms with Crippen LogP contribution in [0.4, 0.5) is 0 Å². The van der Waals surface area contributed by atoms with E-state index in [4.69, 9.17) is 9.47 Å². The summed E-state index contributed by atoms with van der Waals surface area (Å²) in [6, 6.07) is 17.1. The van der Waals surface area contributed by atoms with Gasteiger partial charge in [0, 0.05) is 5.38 Å². The number of hydrogen-bond donors (Lipinski definition) is 0. The van der Waals surface area contributed by atoms with E-state index in [1.54, 1.807) is 0 Å². The second-order valence-electron chi connectivity index (χ2n) is 3.92. The van der Waals surface area contributed by atoms with E-state index in [2.05, 4.69) is 20.9 Å². The molecule has 5 heteroatoms. The van der Waals surface area contributed by atoms with Crippen LogP contribution in [0.2, 0.25) is 0 Å². The summed E-state index contributed by atoms with van der Waals surface area (Å²) >= 11 is 4.73. The molecule has 0 atom stereocenters. The highest BCUT2D eigenvalue weighted by atomic mass is 79.9. The van der Waals surface area contributed by atoms with E-state index >= 15 is 0 Å². The van der Waals surface area contributed by atoms with Crippen molar-refractivity contribution in [1.29, 1.82) is 0 Å². The molecular formula is C15H10BrNO2S. The Labute approximate surface area is 129 Å². The third-order valence-electron chi connectivity index (χ3n) is 2.46. The summed E-state index contributed by atoms with van der Waals surface area (Å²) in [6.07, 6.45) is 0. The molecule has 3 aromatic rings. The first-order chi connectivity index (χ1) is 9.79. The average Bonchev–Trinajstić information content (AvgIpc) is 2.88. The smallest absolute Gasteiger partial charge is 0.279 e. The van der Waals surface area contributed by atoms with Crippen molar-refractivity contribution in [2.24, 2.45) is 0 Å². The minimum Gasteiger partial charge on any atom is -0.457 e. The fourth-order valence-corrected chi connectivity index (χ4v) is 2.69. The molecule has 0 N–H and O–H groups in total. The molecule has 0 bridgehead atoms. The van der Waals surface area contributed by atoms with Crippen LogP contribution in [-0.4, -0.2) is 4.98 Å². The minimum absolute atomic E-state index is 0.605. The molecule has 3 rings (SSSR count). The zero-order valence-corrected chi connectivity index (χ0v) is 12.7. The molecule has 1 heterocycles. The molecule has 20 heavy (non-hydrogen) atoms. The van der Waals surface area contributed by atoms with E-state index in [9.17, 15) is 0 Å². The number of thiazole rings is 1. The number of hydrogen-bond acceptors (Lipinski definition) is 4. The molecule has 0 fully saturated rings. The Morgan fingerprint density at radius 3 is 2.00 bits per heavy atom. The summed E-state index contributed by atoms with van der Waals surface area (Å²) < 4.78 is 12.1. The zero-order chi connectivity index (χ0) is 13.8. The summed E-state index contributed by atoms with van der Waals surface area (Å²) in [5.74, 6) is 2.31. The molecule has 0 aliphatic heterocycles. The third-order valence-corrected chi connectivity index (χ3v) is 3.89. The number of nitrogens with zero attached hydrogens (tertiary/aromatic N) is 1. The van der Waals surface area contributed by atoms with E-state index in [-0.39, 0.29) is 0 Å². The van der Waals surface area contributed by atoms with Crippen LogP contribution in [0, 0.1) is 0 Å². The molecule has 100 valence electrons. The van der Waals surface area contributed by atoms with Gasteiger partial charge in [0.2, 0.25) is 0 Å². The lowest BCUT2D eigenvalue weighted by Crippen LogP contribution is -1.85. The molecule has 0 radical (unpaired) electrons. The van der Waals surface area contributed by atoms with E-state index in [0.717, 1.165) is 21.9 Å². The third kappa shape index (κ3) is 3.37. The van der Waals surface area contributed by atoms with Gasteiger partial charge in [0.1, 0.15) is 21.9 Å². The summed E-state index contributed by atoms with van der Waals surface area (Å²) in [4.78, 5) is 4.18. The normalized spacial score (nSPS) is 10.2. The molecule has 2 aromatic carbocycles. The monoisotopic (exact) mass is 347 g/mol. The highest BCUT2D eigenvalue weighted by Gasteiger charge is 2.03. The van der Waals surface area contributed by atoms with Crippen molar-refractivity contribution < 1.29 is 9.47 Å². The van der Waals surface area contributed by atoms with Crippen molar-refractivity contribution in [3.63, 3.8) is 0 Å². The number of para-hydroxylation sites is 1. The van der Waals surface area contributed by atoms with E-state index in [1.807, 2.05) is 60.0 Å². The molecule has 0 aliphatic carbocycles. The van der Waals surface area contributed by atoms with Crippen LogP contribution in [0.15, 0.2) is 64.6 Å². The number of rotatable bonds is 4. The molecule has 3 nitrogen and oxygen atoms in total. The van der Waals surface area contributed by atoms with Crippen LogP contribution >= 0.6 is 27.3 Å². The summed E-state index contributed by atoms with van der Waals surface area (Å²) in [5, 5.41) is 2.48.